The van der Waals surface area contributed by atoms with Gasteiger partial charge in [0.05, 0.1) is 0 Å². The molecule has 3 N–H and O–H groups in total. The van der Waals surface area contributed by atoms with Gasteiger partial charge in [0.15, 0.2) is 0 Å². The van der Waals surface area contributed by atoms with Crippen LogP contribution in [-0.2, 0) is 4.43 Å². The van der Waals surface area contributed by atoms with Crippen LogP contribution in [0, 0.1) is 0 Å². The average Bonchev–Trinajstić information content (AvgIpc) is 1.35. The van der Waals surface area contributed by atoms with Gasteiger partial charge in [0.2, 0.25) is 9.76 Å². The molecule has 0 spiro atoms. The van der Waals surface area contributed by atoms with E-state index in [1.54, 1.807) is 6.55 Å². The summed E-state index contributed by atoms with van der Waals surface area (Å²) in [5.74, 6) is 0. The van der Waals surface area contributed by atoms with E-state index in [4.69, 9.17) is 5.11 Å². The van der Waals surface area contributed by atoms with Gasteiger partial charge in [-0.1, -0.05) is 0 Å². The third-order valence-corrected chi connectivity index (χ3v) is 0.803. The minimum atomic E-state index is -1.15. The summed E-state index contributed by atoms with van der Waals surface area (Å²) in [6, 6.07) is 0. The maximum absolute atomic E-state index is 9.41. The molecule has 0 saturated carbocycles. The van der Waals surface area contributed by atoms with Gasteiger partial charge in [-0.3, -0.25) is 0 Å². The van der Waals surface area contributed by atoms with Crippen molar-refractivity contribution in [2.75, 3.05) is 0 Å². The van der Waals surface area contributed by atoms with Crippen molar-refractivity contribution >= 4 is 91.4 Å². The van der Waals surface area contributed by atoms with E-state index in [2.05, 4.69) is 4.43 Å². The molecule has 0 aliphatic rings. The number of carboxylic acid groups (broad SMARTS) is 1. The van der Waals surface area contributed by atoms with Gasteiger partial charge >= 0.3 is 81.6 Å². The molecule has 0 aromatic rings. The van der Waals surface area contributed by atoms with Crippen LogP contribution in [0.4, 0.5) is 4.79 Å². The second-order valence-electron chi connectivity index (χ2n) is 0.699. The summed E-state index contributed by atoms with van der Waals surface area (Å²) < 4.78 is 4.10. The Hall–Kier alpha value is 1.97. The van der Waals surface area contributed by atoms with Gasteiger partial charge < -0.3 is 15.0 Å². The molecule has 52 valence electrons. The molecule has 0 aliphatic heterocycles. The third kappa shape index (κ3) is 25.6. The first-order chi connectivity index (χ1) is 2.77. The molecule has 0 rings (SSSR count). The molecule has 9 heavy (non-hydrogen) atoms. The van der Waals surface area contributed by atoms with Gasteiger partial charge in [-0.15, -0.1) is 0 Å². The molecule has 0 atom stereocenters. The Morgan fingerprint density at radius 3 is 1.89 bits per heavy atom. The summed E-state index contributed by atoms with van der Waals surface area (Å²) in [6.07, 6.45) is -1.15. The van der Waals surface area contributed by atoms with Crippen molar-refractivity contribution in [3.8, 4) is 0 Å². The normalized spacial score (nSPS) is 6.33. The Bertz CT molecular complexity index is 60.5. The van der Waals surface area contributed by atoms with Crippen molar-refractivity contribution in [1.82, 2.24) is 0 Å². The first kappa shape index (κ1) is 22.4. The van der Waals surface area contributed by atoms with E-state index in [0.29, 0.717) is 0 Å². The van der Waals surface area contributed by atoms with E-state index >= 15 is 0 Å². The fourth-order valence-electron chi connectivity index (χ4n) is 0.123. The van der Waals surface area contributed by atoms with E-state index in [9.17, 15) is 4.79 Å². The van der Waals surface area contributed by atoms with Crippen LogP contribution < -0.4 is 0 Å². The molecule has 7 heteroatoms. The molecule has 0 aromatic heterocycles. The summed E-state index contributed by atoms with van der Waals surface area (Å²) in [5, 5.41) is 7.73. The molecule has 0 radical (unpaired) electrons. The van der Waals surface area contributed by atoms with Gasteiger partial charge in [0.25, 0.3) is 0 Å². The molecular weight excluding hydrogens is 196 g/mol. The van der Waals surface area contributed by atoms with E-state index in [0.717, 1.165) is 0 Å². The van der Waals surface area contributed by atoms with Crippen LogP contribution in [0.1, 0.15) is 0 Å². The molecule has 0 bridgehead atoms. The molecule has 0 fully saturated rings. The van der Waals surface area contributed by atoms with Gasteiger partial charge in [-0.05, 0) is 6.55 Å². The molecular formula is C2H12Ca2O4Si. The first-order valence-corrected chi connectivity index (χ1v) is 3.62. The van der Waals surface area contributed by atoms with E-state index in [-0.39, 0.29) is 81.0 Å². The van der Waals surface area contributed by atoms with Crippen molar-refractivity contribution in [2.24, 2.45) is 0 Å². The molecule has 0 heterocycles. The van der Waals surface area contributed by atoms with Crippen molar-refractivity contribution in [2.45, 2.75) is 6.55 Å². The van der Waals surface area contributed by atoms with Gasteiger partial charge in [-0.25, -0.2) is 4.79 Å². The zero-order valence-electron chi connectivity index (χ0n) is 3.97. The number of rotatable bonds is 1. The summed E-state index contributed by atoms with van der Waals surface area (Å²) in [5.41, 5.74) is 0. The third-order valence-electron chi connectivity index (χ3n) is 0.268. The van der Waals surface area contributed by atoms with Crippen LogP contribution in [0.5, 0.6) is 0 Å². The Labute approximate surface area is 116 Å². The molecule has 0 unspecified atom stereocenters. The monoisotopic (exact) mass is 208 g/mol. The van der Waals surface area contributed by atoms with Crippen LogP contribution >= 0.6 is 0 Å². The van der Waals surface area contributed by atoms with Crippen molar-refractivity contribution in [1.29, 1.82) is 0 Å². The van der Waals surface area contributed by atoms with Crippen LogP contribution in [0.25, 0.3) is 0 Å². The van der Waals surface area contributed by atoms with E-state index < -0.39 is 15.9 Å². The zero-order valence-corrected chi connectivity index (χ0v) is 5.39. The second-order valence-corrected chi connectivity index (χ2v) is 1.56. The predicted molar refractivity (Wildman–Crippen MR) is 44.2 cm³/mol. The molecule has 0 amide bonds. The second kappa shape index (κ2) is 16.5. The molecule has 0 aliphatic carbocycles. The predicted octanol–water partition coefficient (Wildman–Crippen LogP) is -2.84. The molecule has 0 saturated heterocycles. The van der Waals surface area contributed by atoms with Crippen molar-refractivity contribution in [3.63, 3.8) is 0 Å². The zero-order chi connectivity index (χ0) is 4.99. The summed E-state index contributed by atoms with van der Waals surface area (Å²) >= 11 is 0. The van der Waals surface area contributed by atoms with Gasteiger partial charge in [0.1, 0.15) is 0 Å². The summed E-state index contributed by atoms with van der Waals surface area (Å²) in [6.45, 7) is 1.76. The molecule has 0 aromatic carbocycles. The topological polar surface area (TPSA) is 78.0 Å². The Morgan fingerprint density at radius 2 is 1.89 bits per heavy atom. The SMILES string of the molecule is C[SiH2]OC(=O)O.O.[CaH2].[CaH2]. The maximum atomic E-state index is 9.41. The standard InChI is InChI=1S/C2H6O3Si.2Ca.H2O.4H/c1-6-5-2(3)4;;;;;;;/h6H2,1H3,(H,3,4);;;1H2;;;;. The van der Waals surface area contributed by atoms with Crippen LogP contribution in [-0.4, -0.2) is 102 Å². The van der Waals surface area contributed by atoms with E-state index in [1.807, 2.05) is 0 Å². The van der Waals surface area contributed by atoms with Crippen LogP contribution in [0.15, 0.2) is 0 Å². The Balaban J connectivity index is -0.0000000417. The number of hydrogen-bond donors (Lipinski definition) is 1. The van der Waals surface area contributed by atoms with Crippen LogP contribution in [0.3, 0.4) is 0 Å². The van der Waals surface area contributed by atoms with Crippen molar-refractivity contribution < 1.29 is 19.8 Å². The average molecular weight is 208 g/mol. The quantitative estimate of drug-likeness (QED) is 0.471. The number of carbonyl (C=O) groups is 1. The fourth-order valence-corrected chi connectivity index (χ4v) is 0.370. The number of hydrogen-bond acceptors (Lipinski definition) is 2. The van der Waals surface area contributed by atoms with E-state index in [1.165, 1.54) is 0 Å². The summed E-state index contributed by atoms with van der Waals surface area (Å²) in [4.78, 5) is 9.41. The first-order valence-electron chi connectivity index (χ1n) is 1.63. The van der Waals surface area contributed by atoms with Gasteiger partial charge in [0, 0.05) is 0 Å². The Morgan fingerprint density at radius 1 is 1.56 bits per heavy atom. The minimum absolute atomic E-state index is 0. The van der Waals surface area contributed by atoms with Crippen molar-refractivity contribution in [3.05, 3.63) is 0 Å². The van der Waals surface area contributed by atoms with Gasteiger partial charge in [-0.2, -0.15) is 0 Å². The fraction of sp³-hybridized carbons (Fsp3) is 0.500. The van der Waals surface area contributed by atoms with Crippen LogP contribution in [0.2, 0.25) is 6.55 Å². The summed E-state index contributed by atoms with van der Waals surface area (Å²) in [7, 11) is -0.733. The molecule has 4 nitrogen and oxygen atoms in total. The Kier molecular flexibility index (Phi) is 41.2.